The van der Waals surface area contributed by atoms with Crippen molar-refractivity contribution < 1.29 is 21.6 Å². The molecule has 0 amide bonds. The Kier molecular flexibility index (Phi) is 5.30. The van der Waals surface area contributed by atoms with Crippen molar-refractivity contribution in [1.82, 2.24) is 0 Å². The molecule has 0 unspecified atom stereocenters. The fourth-order valence-corrected chi connectivity index (χ4v) is 3.29. The van der Waals surface area contributed by atoms with Crippen molar-refractivity contribution in [3.63, 3.8) is 0 Å². The van der Waals surface area contributed by atoms with Crippen molar-refractivity contribution in [3.05, 3.63) is 65.7 Å². The normalized spacial score (nSPS) is 12.1. The number of hydrogen-bond acceptors (Lipinski definition) is 2. The van der Waals surface area contributed by atoms with E-state index in [4.69, 9.17) is 0 Å². The molecule has 7 heteroatoms. The van der Waals surface area contributed by atoms with Crippen LogP contribution in [0.15, 0.2) is 54.6 Å². The van der Waals surface area contributed by atoms with E-state index in [0.29, 0.717) is 12.8 Å². The van der Waals surface area contributed by atoms with E-state index in [1.165, 1.54) is 12.1 Å². The van der Waals surface area contributed by atoms with Crippen LogP contribution in [0.3, 0.4) is 0 Å². The molecule has 3 nitrogen and oxygen atoms in total. The molecule has 23 heavy (non-hydrogen) atoms. The van der Waals surface area contributed by atoms with Gasteiger partial charge in [-0.25, -0.2) is 8.42 Å². The van der Waals surface area contributed by atoms with Gasteiger partial charge in [0.2, 0.25) is 10.0 Å². The predicted molar refractivity (Wildman–Crippen MR) is 83.6 cm³/mol. The maximum absolute atomic E-state index is 12.9. The van der Waals surface area contributed by atoms with E-state index in [1.807, 2.05) is 35.1 Å². The highest BCUT2D eigenvalue weighted by Gasteiger charge is 2.34. The molecule has 0 bridgehead atoms. The van der Waals surface area contributed by atoms with Crippen LogP contribution >= 0.6 is 0 Å². The van der Waals surface area contributed by atoms with Crippen LogP contribution in [0.1, 0.15) is 17.5 Å². The Morgan fingerprint density at radius 3 is 2.17 bits per heavy atom. The number of para-hydroxylation sites is 1. The van der Waals surface area contributed by atoms with Gasteiger partial charge in [0.05, 0.1) is 17.0 Å². The highest BCUT2D eigenvalue weighted by Crippen LogP contribution is 2.34. The number of anilines is 1. The van der Waals surface area contributed by atoms with Crippen molar-refractivity contribution in [2.24, 2.45) is 0 Å². The van der Waals surface area contributed by atoms with E-state index in [-0.39, 0.29) is 5.75 Å². The summed E-state index contributed by atoms with van der Waals surface area (Å²) in [6.45, 7) is 0. The fourth-order valence-electron chi connectivity index (χ4n) is 2.15. The molecule has 0 fully saturated rings. The highest BCUT2D eigenvalue weighted by molar-refractivity contribution is 7.92. The summed E-state index contributed by atoms with van der Waals surface area (Å²) in [5.74, 6) is -0.242. The zero-order chi connectivity index (χ0) is 16.9. The van der Waals surface area contributed by atoms with E-state index in [2.05, 4.69) is 0 Å². The molecule has 0 saturated carbocycles. The summed E-state index contributed by atoms with van der Waals surface area (Å²) >= 11 is 0. The summed E-state index contributed by atoms with van der Waals surface area (Å²) in [4.78, 5) is 0. The second kappa shape index (κ2) is 7.04. The van der Waals surface area contributed by atoms with E-state index in [0.717, 1.165) is 17.7 Å². The first-order valence-corrected chi connectivity index (χ1v) is 8.64. The zero-order valence-electron chi connectivity index (χ0n) is 12.2. The van der Waals surface area contributed by atoms with Crippen LogP contribution in [0.4, 0.5) is 18.9 Å². The third-order valence-electron chi connectivity index (χ3n) is 3.22. The summed E-state index contributed by atoms with van der Waals surface area (Å²) in [5, 5.41) is 0. The van der Waals surface area contributed by atoms with Crippen molar-refractivity contribution in [2.45, 2.75) is 19.0 Å². The number of alkyl halides is 3. The Morgan fingerprint density at radius 2 is 1.52 bits per heavy atom. The van der Waals surface area contributed by atoms with Crippen molar-refractivity contribution in [2.75, 3.05) is 10.5 Å². The topological polar surface area (TPSA) is 46.2 Å². The summed E-state index contributed by atoms with van der Waals surface area (Å²) in [7, 11) is -3.84. The molecular formula is C16H16F3NO2S. The minimum atomic E-state index is -4.61. The number of aryl methyl sites for hydroxylation is 1. The van der Waals surface area contributed by atoms with Gasteiger partial charge in [0.1, 0.15) is 0 Å². The Morgan fingerprint density at radius 1 is 0.913 bits per heavy atom. The SMILES string of the molecule is O=S(=O)(CCCc1ccccc1)Nc1ccccc1C(F)(F)F. The molecule has 0 aliphatic carbocycles. The standard InChI is InChI=1S/C16H16F3NO2S/c17-16(18,19)14-10-4-5-11-15(14)20-23(21,22)12-6-9-13-7-2-1-3-8-13/h1-5,7-8,10-11,20H,6,9,12H2. The first-order valence-electron chi connectivity index (χ1n) is 6.98. The van der Waals surface area contributed by atoms with Gasteiger partial charge in [-0.15, -0.1) is 0 Å². The van der Waals surface area contributed by atoms with Crippen LogP contribution in [0, 0.1) is 0 Å². The minimum Gasteiger partial charge on any atom is -0.283 e. The van der Waals surface area contributed by atoms with Gasteiger partial charge >= 0.3 is 6.18 Å². The molecule has 0 spiro atoms. The molecule has 0 heterocycles. The zero-order valence-corrected chi connectivity index (χ0v) is 13.0. The number of hydrogen-bond donors (Lipinski definition) is 1. The Hall–Kier alpha value is -2.02. The van der Waals surface area contributed by atoms with Crippen LogP contribution in [-0.4, -0.2) is 14.2 Å². The smallest absolute Gasteiger partial charge is 0.283 e. The van der Waals surface area contributed by atoms with E-state index < -0.39 is 27.5 Å². The van der Waals surface area contributed by atoms with Crippen LogP contribution in [0.2, 0.25) is 0 Å². The Balaban J connectivity index is 2.02. The van der Waals surface area contributed by atoms with Crippen LogP contribution < -0.4 is 4.72 Å². The van der Waals surface area contributed by atoms with Crippen molar-refractivity contribution in [3.8, 4) is 0 Å². The van der Waals surface area contributed by atoms with E-state index >= 15 is 0 Å². The number of benzene rings is 2. The molecule has 0 aliphatic heterocycles. The second-order valence-electron chi connectivity index (χ2n) is 5.05. The maximum atomic E-state index is 12.9. The fraction of sp³-hybridized carbons (Fsp3) is 0.250. The number of sulfonamides is 1. The average Bonchev–Trinajstić information content (AvgIpc) is 2.47. The molecule has 124 valence electrons. The summed E-state index contributed by atoms with van der Waals surface area (Å²) in [6.07, 6.45) is -3.74. The highest BCUT2D eigenvalue weighted by atomic mass is 32.2. The summed E-state index contributed by atoms with van der Waals surface area (Å²) in [6, 6.07) is 13.8. The van der Waals surface area contributed by atoms with Gasteiger partial charge in [-0.3, -0.25) is 4.72 Å². The van der Waals surface area contributed by atoms with Crippen LogP contribution in [-0.2, 0) is 22.6 Å². The van der Waals surface area contributed by atoms with Gasteiger partial charge in [0, 0.05) is 0 Å². The number of rotatable bonds is 6. The molecule has 2 aromatic carbocycles. The van der Waals surface area contributed by atoms with Gasteiger partial charge in [-0.2, -0.15) is 13.2 Å². The second-order valence-corrected chi connectivity index (χ2v) is 6.90. The third-order valence-corrected chi connectivity index (χ3v) is 4.58. The quantitative estimate of drug-likeness (QED) is 0.859. The van der Waals surface area contributed by atoms with E-state index in [9.17, 15) is 21.6 Å². The van der Waals surface area contributed by atoms with Gasteiger partial charge in [-0.05, 0) is 30.5 Å². The summed E-state index contributed by atoms with van der Waals surface area (Å²) < 4.78 is 64.6. The lowest BCUT2D eigenvalue weighted by atomic mass is 10.1. The van der Waals surface area contributed by atoms with Gasteiger partial charge in [0.15, 0.2) is 0 Å². The van der Waals surface area contributed by atoms with E-state index in [1.54, 1.807) is 0 Å². The number of nitrogens with one attached hydrogen (secondary N) is 1. The van der Waals surface area contributed by atoms with Crippen LogP contribution in [0.25, 0.3) is 0 Å². The maximum Gasteiger partial charge on any atom is 0.418 e. The minimum absolute atomic E-state index is 0.242. The summed E-state index contributed by atoms with van der Waals surface area (Å²) in [5.41, 5.74) is -0.454. The molecule has 0 atom stereocenters. The van der Waals surface area contributed by atoms with Crippen molar-refractivity contribution >= 4 is 15.7 Å². The Labute approximate surface area is 133 Å². The first-order chi connectivity index (χ1) is 10.8. The lowest BCUT2D eigenvalue weighted by molar-refractivity contribution is -0.136. The Bertz CT molecular complexity index is 743. The molecule has 0 radical (unpaired) electrons. The monoisotopic (exact) mass is 343 g/mol. The van der Waals surface area contributed by atoms with Gasteiger partial charge < -0.3 is 0 Å². The van der Waals surface area contributed by atoms with Crippen LogP contribution in [0.5, 0.6) is 0 Å². The van der Waals surface area contributed by atoms with Gasteiger partial charge in [0.25, 0.3) is 0 Å². The molecule has 0 aromatic heterocycles. The predicted octanol–water partition coefficient (Wildman–Crippen LogP) is 4.08. The molecule has 1 N–H and O–H groups in total. The molecule has 0 saturated heterocycles. The molecule has 2 rings (SSSR count). The largest absolute Gasteiger partial charge is 0.418 e. The lowest BCUT2D eigenvalue weighted by Crippen LogP contribution is -2.20. The first kappa shape index (κ1) is 17.3. The lowest BCUT2D eigenvalue weighted by Gasteiger charge is -2.14. The third kappa shape index (κ3) is 5.28. The van der Waals surface area contributed by atoms with Gasteiger partial charge in [-0.1, -0.05) is 42.5 Å². The number of halogens is 3. The average molecular weight is 343 g/mol. The molecule has 2 aromatic rings. The molecule has 0 aliphatic rings. The molecular weight excluding hydrogens is 327 g/mol. The van der Waals surface area contributed by atoms with Crippen molar-refractivity contribution in [1.29, 1.82) is 0 Å².